The Balaban J connectivity index is 1.69. The summed E-state index contributed by atoms with van der Waals surface area (Å²) in [6, 6.07) is 24.3. The fraction of sp³-hybridized carbons (Fsp3) is 0.300. The number of benzene rings is 3. The first kappa shape index (κ1) is 30.2. The second kappa shape index (κ2) is 15.3. The number of hydrogen-bond donors (Lipinski definition) is 1. The number of nitrogens with zero attached hydrogens (tertiary/aromatic N) is 3. The lowest BCUT2D eigenvalue weighted by Gasteiger charge is -2.44. The van der Waals surface area contributed by atoms with Gasteiger partial charge in [-0.15, -0.1) is 0 Å². The third-order valence-electron chi connectivity index (χ3n) is 6.28. The van der Waals surface area contributed by atoms with E-state index in [0.717, 1.165) is 0 Å². The number of carbonyl (C=O) groups excluding carboxylic acids is 3. The van der Waals surface area contributed by atoms with Gasteiger partial charge in [0, 0.05) is 11.5 Å². The molecule has 1 aliphatic heterocycles. The number of aliphatic hydroxyl groups is 1. The number of hydrogen-bond acceptors (Lipinski definition) is 10. The highest BCUT2D eigenvalue weighted by Crippen LogP contribution is 2.31. The molecule has 42 heavy (non-hydrogen) atoms. The van der Waals surface area contributed by atoms with Gasteiger partial charge < -0.3 is 28.8 Å². The van der Waals surface area contributed by atoms with E-state index in [0.29, 0.717) is 6.42 Å². The first-order chi connectivity index (χ1) is 20.5. The first-order valence-corrected chi connectivity index (χ1v) is 13.2. The van der Waals surface area contributed by atoms with Crippen LogP contribution in [-0.2, 0) is 23.7 Å². The van der Waals surface area contributed by atoms with E-state index in [9.17, 15) is 19.5 Å². The third kappa shape index (κ3) is 7.93. The number of esters is 3. The molecule has 12 nitrogen and oxygen atoms in total. The van der Waals surface area contributed by atoms with Gasteiger partial charge in [-0.3, -0.25) is 0 Å². The summed E-state index contributed by atoms with van der Waals surface area (Å²) in [7, 11) is 0. The maximum atomic E-state index is 13.3. The zero-order chi connectivity index (χ0) is 29.7. The van der Waals surface area contributed by atoms with Crippen LogP contribution in [0.3, 0.4) is 0 Å². The molecule has 1 N–H and O–H groups in total. The number of ether oxygens (including phenoxy) is 5. The second-order valence-electron chi connectivity index (χ2n) is 9.11. The van der Waals surface area contributed by atoms with E-state index in [1.54, 1.807) is 54.6 Å². The smallest absolute Gasteiger partial charge is 0.338 e. The summed E-state index contributed by atoms with van der Waals surface area (Å²) in [5, 5.41) is 13.7. The van der Waals surface area contributed by atoms with Gasteiger partial charge in [0.1, 0.15) is 6.10 Å². The van der Waals surface area contributed by atoms with Crippen LogP contribution in [0.15, 0.2) is 96.1 Å². The molecule has 1 aliphatic rings. The molecule has 1 heterocycles. The molecule has 0 aliphatic carbocycles. The van der Waals surface area contributed by atoms with Gasteiger partial charge in [-0.25, -0.2) is 14.4 Å². The minimum absolute atomic E-state index is 0.00897. The van der Waals surface area contributed by atoms with Crippen molar-refractivity contribution in [2.75, 3.05) is 19.8 Å². The zero-order valence-corrected chi connectivity index (χ0v) is 22.4. The Morgan fingerprint density at radius 2 is 1.19 bits per heavy atom. The van der Waals surface area contributed by atoms with Crippen molar-refractivity contribution in [3.05, 3.63) is 118 Å². The minimum atomic E-state index is -1.45. The highest BCUT2D eigenvalue weighted by atomic mass is 16.7. The van der Waals surface area contributed by atoms with Crippen molar-refractivity contribution in [1.29, 1.82) is 0 Å². The van der Waals surface area contributed by atoms with E-state index in [4.69, 9.17) is 29.2 Å². The molecular formula is C30H29N3O9. The summed E-state index contributed by atoms with van der Waals surface area (Å²) in [6.07, 6.45) is -6.55. The molecule has 0 unspecified atom stereocenters. The summed E-state index contributed by atoms with van der Waals surface area (Å²) in [5.41, 5.74) is 9.15. The molecule has 1 saturated heterocycles. The Kier molecular flexibility index (Phi) is 11.0. The minimum Gasteiger partial charge on any atom is -0.452 e. The van der Waals surface area contributed by atoms with E-state index >= 15 is 0 Å². The normalized spacial score (nSPS) is 21.4. The van der Waals surface area contributed by atoms with Crippen LogP contribution in [0.4, 0.5) is 0 Å². The molecule has 3 aromatic carbocycles. The lowest BCUT2D eigenvalue weighted by molar-refractivity contribution is -0.298. The molecule has 5 atom stereocenters. The van der Waals surface area contributed by atoms with E-state index in [1.165, 1.54) is 36.4 Å². The Labute approximate surface area is 241 Å². The van der Waals surface area contributed by atoms with E-state index in [-0.39, 0.29) is 29.8 Å². The Morgan fingerprint density at radius 1 is 0.738 bits per heavy atom. The van der Waals surface area contributed by atoms with Gasteiger partial charge in [0.15, 0.2) is 24.6 Å². The second-order valence-corrected chi connectivity index (χ2v) is 9.11. The highest BCUT2D eigenvalue weighted by molar-refractivity contribution is 5.91. The largest absolute Gasteiger partial charge is 0.452 e. The number of azide groups is 1. The van der Waals surface area contributed by atoms with E-state index in [1.807, 2.05) is 0 Å². The number of carbonyl (C=O) groups is 3. The van der Waals surface area contributed by atoms with E-state index < -0.39 is 55.2 Å². The van der Waals surface area contributed by atoms with E-state index in [2.05, 4.69) is 10.0 Å². The average Bonchev–Trinajstić information content (AvgIpc) is 3.04. The summed E-state index contributed by atoms with van der Waals surface area (Å²) in [5.74, 6) is -2.34. The Hall–Kier alpha value is -4.74. The predicted molar refractivity (Wildman–Crippen MR) is 147 cm³/mol. The van der Waals surface area contributed by atoms with Crippen molar-refractivity contribution in [3.8, 4) is 0 Å². The molecule has 0 bridgehead atoms. The molecule has 0 amide bonds. The molecule has 0 saturated carbocycles. The monoisotopic (exact) mass is 575 g/mol. The summed E-state index contributed by atoms with van der Waals surface area (Å²) in [4.78, 5) is 42.2. The van der Waals surface area contributed by atoms with Gasteiger partial charge in [0.2, 0.25) is 0 Å². The van der Waals surface area contributed by atoms with Crippen LogP contribution in [0.1, 0.15) is 37.5 Å². The van der Waals surface area contributed by atoms with Gasteiger partial charge in [0.25, 0.3) is 0 Å². The zero-order valence-electron chi connectivity index (χ0n) is 22.4. The maximum absolute atomic E-state index is 13.3. The fourth-order valence-corrected chi connectivity index (χ4v) is 4.24. The van der Waals surface area contributed by atoms with Crippen molar-refractivity contribution >= 4 is 17.9 Å². The highest BCUT2D eigenvalue weighted by Gasteiger charge is 2.53. The SMILES string of the molecule is [N-]=[N+]=NCCCO[C@@H]1O[C@H](CO)[C@@H](OC(=O)c2ccccc2)[C@H](OC(=O)c2ccccc2)[C@H]1OC(=O)c1ccccc1. The molecule has 12 heteroatoms. The number of aliphatic hydroxyl groups excluding tert-OH is 1. The van der Waals surface area contributed by atoms with Crippen LogP contribution >= 0.6 is 0 Å². The van der Waals surface area contributed by atoms with Crippen LogP contribution in [0.2, 0.25) is 0 Å². The van der Waals surface area contributed by atoms with Crippen LogP contribution in [0.25, 0.3) is 10.4 Å². The van der Waals surface area contributed by atoms with Crippen LogP contribution in [0, 0.1) is 0 Å². The number of rotatable bonds is 12. The average molecular weight is 576 g/mol. The Bertz CT molecular complexity index is 1370. The van der Waals surface area contributed by atoms with Crippen LogP contribution in [-0.4, -0.2) is 73.5 Å². The molecule has 0 spiro atoms. The molecule has 0 radical (unpaired) electrons. The molecule has 4 rings (SSSR count). The quantitative estimate of drug-likeness (QED) is 0.0835. The summed E-state index contributed by atoms with van der Waals surface area (Å²) in [6.45, 7) is -0.510. The maximum Gasteiger partial charge on any atom is 0.338 e. The lowest BCUT2D eigenvalue weighted by atomic mass is 9.97. The lowest BCUT2D eigenvalue weighted by Crippen LogP contribution is -2.63. The predicted octanol–water partition coefficient (Wildman–Crippen LogP) is 4.10. The van der Waals surface area contributed by atoms with Crippen molar-refractivity contribution in [2.45, 2.75) is 37.1 Å². The van der Waals surface area contributed by atoms with Gasteiger partial charge in [-0.1, -0.05) is 59.7 Å². The van der Waals surface area contributed by atoms with Crippen LogP contribution < -0.4 is 0 Å². The topological polar surface area (TPSA) is 166 Å². The van der Waals surface area contributed by atoms with Crippen molar-refractivity contribution in [2.24, 2.45) is 5.11 Å². The summed E-state index contributed by atoms with van der Waals surface area (Å²) >= 11 is 0. The van der Waals surface area contributed by atoms with Crippen molar-refractivity contribution in [3.63, 3.8) is 0 Å². The molecule has 3 aromatic rings. The van der Waals surface area contributed by atoms with Crippen LogP contribution in [0.5, 0.6) is 0 Å². The van der Waals surface area contributed by atoms with Crippen molar-refractivity contribution < 1.29 is 43.2 Å². The van der Waals surface area contributed by atoms with Gasteiger partial charge in [-0.2, -0.15) is 0 Å². The molecule has 218 valence electrons. The molecular weight excluding hydrogens is 546 g/mol. The van der Waals surface area contributed by atoms with Gasteiger partial charge in [0.05, 0.1) is 29.9 Å². The Morgan fingerprint density at radius 3 is 1.64 bits per heavy atom. The molecule has 1 fully saturated rings. The third-order valence-corrected chi connectivity index (χ3v) is 6.28. The standard InChI is InChI=1S/C30H29N3O9/c31-33-32-17-10-18-38-30-26(42-29(37)22-15-8-3-9-16-22)25(41-28(36)21-13-6-2-7-14-21)24(23(19-34)39-30)40-27(35)20-11-4-1-5-12-20/h1-9,11-16,23-26,30,34H,10,17-19H2/t23-,24-,25+,26-,30-/m1/s1. The van der Waals surface area contributed by atoms with Crippen molar-refractivity contribution in [1.82, 2.24) is 0 Å². The van der Waals surface area contributed by atoms with Gasteiger partial charge in [-0.05, 0) is 48.4 Å². The van der Waals surface area contributed by atoms with Gasteiger partial charge >= 0.3 is 17.9 Å². The summed E-state index contributed by atoms with van der Waals surface area (Å²) < 4.78 is 29.2. The fourth-order valence-electron chi connectivity index (χ4n) is 4.24. The molecule has 0 aromatic heterocycles. The first-order valence-electron chi connectivity index (χ1n) is 13.2.